The second-order valence-electron chi connectivity index (χ2n) is 5.73. The second-order valence-corrected chi connectivity index (χ2v) is 6.64. The van der Waals surface area contributed by atoms with Gasteiger partial charge in [0.05, 0.1) is 0 Å². The molecule has 0 radical (unpaired) electrons. The molecule has 1 atom stereocenters. The summed E-state index contributed by atoms with van der Waals surface area (Å²) in [5.41, 5.74) is 10.9. The maximum absolute atomic E-state index is 6.00. The molecule has 0 amide bonds. The summed E-state index contributed by atoms with van der Waals surface area (Å²) in [5, 5.41) is 2.34. The fourth-order valence-corrected chi connectivity index (χ4v) is 2.86. The zero-order chi connectivity index (χ0) is 13.7. The zero-order valence-electron chi connectivity index (χ0n) is 11.7. The number of benzene rings is 1. The summed E-state index contributed by atoms with van der Waals surface area (Å²) in [7, 11) is 0. The lowest BCUT2D eigenvalue weighted by Gasteiger charge is -2.38. The summed E-state index contributed by atoms with van der Waals surface area (Å²) in [5.74, 6) is 0. The molecule has 0 aliphatic carbocycles. The van der Waals surface area contributed by atoms with E-state index in [1.807, 2.05) is 0 Å². The first-order valence-electron chi connectivity index (χ1n) is 7.09. The van der Waals surface area contributed by atoms with Gasteiger partial charge in [0.15, 0.2) is 0 Å². The Morgan fingerprint density at radius 1 is 1.21 bits per heavy atom. The quantitative estimate of drug-likeness (QED) is 0.874. The molecular weight excluding hydrogens is 302 g/mol. The highest BCUT2D eigenvalue weighted by atomic mass is 79.9. The maximum atomic E-state index is 6.00. The number of rotatable bonds is 5. The molecule has 1 aliphatic rings. The minimum atomic E-state index is -0.0643. The van der Waals surface area contributed by atoms with Crippen LogP contribution in [0.3, 0.4) is 0 Å². The molecule has 1 unspecified atom stereocenters. The molecule has 3 N–H and O–H groups in total. The van der Waals surface area contributed by atoms with Crippen LogP contribution in [0.5, 0.6) is 0 Å². The Morgan fingerprint density at radius 3 is 2.42 bits per heavy atom. The van der Waals surface area contributed by atoms with Crippen LogP contribution in [0.1, 0.15) is 31.7 Å². The predicted molar refractivity (Wildman–Crippen MR) is 83.9 cm³/mol. The van der Waals surface area contributed by atoms with Gasteiger partial charge in [0.2, 0.25) is 0 Å². The van der Waals surface area contributed by atoms with Gasteiger partial charge >= 0.3 is 0 Å². The number of hydrogen-bond acceptors (Lipinski definition) is 3. The van der Waals surface area contributed by atoms with Gasteiger partial charge < -0.3 is 5.73 Å². The summed E-state index contributed by atoms with van der Waals surface area (Å²) < 4.78 is 1.12. The van der Waals surface area contributed by atoms with Crippen molar-refractivity contribution in [3.05, 3.63) is 34.3 Å². The fourth-order valence-electron chi connectivity index (χ4n) is 2.60. The zero-order valence-corrected chi connectivity index (χ0v) is 13.2. The molecule has 4 heteroatoms. The average Bonchev–Trinajstić information content (AvgIpc) is 2.42. The first-order chi connectivity index (χ1) is 9.11. The number of nitrogens with one attached hydrogen (secondary N) is 1. The molecule has 0 bridgehead atoms. The molecule has 3 nitrogen and oxygen atoms in total. The van der Waals surface area contributed by atoms with Crippen LogP contribution in [0, 0.1) is 0 Å². The van der Waals surface area contributed by atoms with E-state index in [0.29, 0.717) is 6.54 Å². The molecule has 1 aromatic carbocycles. The molecule has 106 valence electrons. The van der Waals surface area contributed by atoms with Crippen molar-refractivity contribution in [1.29, 1.82) is 0 Å². The Bertz CT molecular complexity index is 387. The summed E-state index contributed by atoms with van der Waals surface area (Å²) in [6, 6.07) is 8.51. The highest BCUT2D eigenvalue weighted by molar-refractivity contribution is 9.10. The summed E-state index contributed by atoms with van der Waals surface area (Å²) in [6.45, 7) is 5.12. The van der Waals surface area contributed by atoms with Crippen LogP contribution < -0.4 is 11.2 Å². The van der Waals surface area contributed by atoms with E-state index in [9.17, 15) is 0 Å². The average molecular weight is 326 g/mol. The van der Waals surface area contributed by atoms with E-state index >= 15 is 0 Å². The van der Waals surface area contributed by atoms with Gasteiger partial charge in [-0.15, -0.1) is 0 Å². The van der Waals surface area contributed by atoms with Gasteiger partial charge in [-0.1, -0.05) is 34.5 Å². The van der Waals surface area contributed by atoms with Crippen LogP contribution in [0.25, 0.3) is 0 Å². The Labute approximate surface area is 124 Å². The van der Waals surface area contributed by atoms with Crippen LogP contribution in [0.4, 0.5) is 0 Å². The van der Waals surface area contributed by atoms with Crippen molar-refractivity contribution >= 4 is 15.9 Å². The lowest BCUT2D eigenvalue weighted by Crippen LogP contribution is -2.58. The van der Waals surface area contributed by atoms with Crippen molar-refractivity contribution in [3.8, 4) is 0 Å². The van der Waals surface area contributed by atoms with Gasteiger partial charge in [0.25, 0.3) is 0 Å². The molecule has 0 saturated carbocycles. The normalized spacial score (nSPS) is 20.2. The molecule has 19 heavy (non-hydrogen) atoms. The van der Waals surface area contributed by atoms with E-state index in [4.69, 9.17) is 5.73 Å². The molecule has 0 aromatic heterocycles. The van der Waals surface area contributed by atoms with Crippen molar-refractivity contribution in [2.75, 3.05) is 19.6 Å². The van der Waals surface area contributed by atoms with Crippen LogP contribution in [0.2, 0.25) is 0 Å². The molecular formula is C15H24BrN3. The van der Waals surface area contributed by atoms with E-state index in [2.05, 4.69) is 57.6 Å². The monoisotopic (exact) mass is 325 g/mol. The summed E-state index contributed by atoms with van der Waals surface area (Å²) >= 11 is 3.47. The molecule has 1 fully saturated rings. The lowest BCUT2D eigenvalue weighted by molar-refractivity contribution is 0.0910. The van der Waals surface area contributed by atoms with Crippen molar-refractivity contribution in [1.82, 2.24) is 10.4 Å². The fraction of sp³-hybridized carbons (Fsp3) is 0.600. The number of halogens is 1. The van der Waals surface area contributed by atoms with Gasteiger partial charge in [-0.2, -0.15) is 0 Å². The van der Waals surface area contributed by atoms with Crippen molar-refractivity contribution in [2.24, 2.45) is 5.73 Å². The van der Waals surface area contributed by atoms with Crippen molar-refractivity contribution < 1.29 is 0 Å². The van der Waals surface area contributed by atoms with E-state index in [-0.39, 0.29) is 5.54 Å². The van der Waals surface area contributed by atoms with E-state index < -0.39 is 0 Å². The second kappa shape index (κ2) is 6.84. The van der Waals surface area contributed by atoms with Crippen molar-refractivity contribution in [2.45, 2.75) is 38.1 Å². The third-order valence-corrected chi connectivity index (χ3v) is 4.27. The minimum absolute atomic E-state index is 0.0643. The molecule has 1 aliphatic heterocycles. The van der Waals surface area contributed by atoms with E-state index in [1.165, 1.54) is 24.8 Å². The lowest BCUT2D eigenvalue weighted by atomic mass is 9.93. The summed E-state index contributed by atoms with van der Waals surface area (Å²) in [6.07, 6.45) is 4.87. The predicted octanol–water partition coefficient (Wildman–Crippen LogP) is 2.70. The third kappa shape index (κ3) is 4.56. The number of piperidine rings is 1. The molecule has 1 heterocycles. The van der Waals surface area contributed by atoms with Crippen LogP contribution in [-0.4, -0.2) is 30.2 Å². The van der Waals surface area contributed by atoms with E-state index in [1.54, 1.807) is 0 Å². The van der Waals surface area contributed by atoms with Crippen LogP contribution in [-0.2, 0) is 6.42 Å². The molecule has 1 aromatic rings. The smallest absolute Gasteiger partial charge is 0.0460 e. The first kappa shape index (κ1) is 15.0. The standard InChI is InChI=1S/C15H24BrN3/c1-15(12-17,18-19-9-3-2-4-10-19)11-13-5-7-14(16)8-6-13/h5-8,18H,2-4,9-12,17H2,1H3. The highest BCUT2D eigenvalue weighted by Gasteiger charge is 2.26. The Hall–Kier alpha value is -0.420. The molecule has 0 spiro atoms. The van der Waals surface area contributed by atoms with Crippen LogP contribution in [0.15, 0.2) is 28.7 Å². The van der Waals surface area contributed by atoms with Crippen LogP contribution >= 0.6 is 15.9 Å². The van der Waals surface area contributed by atoms with E-state index in [0.717, 1.165) is 24.0 Å². The Balaban J connectivity index is 1.98. The number of hydrazine groups is 1. The van der Waals surface area contributed by atoms with Gasteiger partial charge in [0, 0.05) is 29.6 Å². The van der Waals surface area contributed by atoms with Gasteiger partial charge in [-0.25, -0.2) is 10.4 Å². The first-order valence-corrected chi connectivity index (χ1v) is 7.88. The topological polar surface area (TPSA) is 41.3 Å². The minimum Gasteiger partial charge on any atom is -0.329 e. The Kier molecular flexibility index (Phi) is 5.39. The number of nitrogens with two attached hydrogens (primary N) is 1. The number of hydrogen-bond donors (Lipinski definition) is 2. The van der Waals surface area contributed by atoms with Gasteiger partial charge in [-0.05, 0) is 43.9 Å². The number of nitrogens with zero attached hydrogens (tertiary/aromatic N) is 1. The molecule has 2 rings (SSSR count). The highest BCUT2D eigenvalue weighted by Crippen LogP contribution is 2.17. The maximum Gasteiger partial charge on any atom is 0.0460 e. The summed E-state index contributed by atoms with van der Waals surface area (Å²) in [4.78, 5) is 0. The molecule has 1 saturated heterocycles. The SMILES string of the molecule is CC(CN)(Cc1ccc(Br)cc1)NN1CCCCC1. The van der Waals surface area contributed by atoms with Crippen molar-refractivity contribution in [3.63, 3.8) is 0 Å². The van der Waals surface area contributed by atoms with Gasteiger partial charge in [0.1, 0.15) is 0 Å². The largest absolute Gasteiger partial charge is 0.329 e. The third-order valence-electron chi connectivity index (χ3n) is 3.74. The van der Waals surface area contributed by atoms with Gasteiger partial charge in [-0.3, -0.25) is 0 Å². The Morgan fingerprint density at radius 2 is 1.84 bits per heavy atom.